The number of aromatic amines is 1. The van der Waals surface area contributed by atoms with Crippen molar-refractivity contribution in [1.29, 1.82) is 0 Å². The lowest BCUT2D eigenvalue weighted by Gasteiger charge is -2.07. The molecule has 3 nitrogen and oxygen atoms in total. The van der Waals surface area contributed by atoms with Crippen LogP contribution in [0.1, 0.15) is 5.69 Å². The molecule has 0 aliphatic carbocycles. The first kappa shape index (κ1) is 11.5. The number of nitrogens with one attached hydrogen (secondary N) is 2. The third kappa shape index (κ3) is 2.11. The van der Waals surface area contributed by atoms with Crippen molar-refractivity contribution in [1.82, 2.24) is 4.98 Å². The van der Waals surface area contributed by atoms with Crippen molar-refractivity contribution >= 4 is 22.5 Å². The molecule has 17 heavy (non-hydrogen) atoms. The second-order valence-corrected chi connectivity index (χ2v) is 3.62. The lowest BCUT2D eigenvalue weighted by molar-refractivity contribution is -0.167. The highest BCUT2D eigenvalue weighted by molar-refractivity contribution is 6.04. The van der Waals surface area contributed by atoms with Gasteiger partial charge in [-0.1, -0.05) is 18.2 Å². The van der Waals surface area contributed by atoms with Gasteiger partial charge in [0.2, 0.25) is 0 Å². The average Bonchev–Trinajstić information content (AvgIpc) is 2.54. The van der Waals surface area contributed by atoms with Crippen LogP contribution in [0.15, 0.2) is 24.3 Å². The van der Waals surface area contributed by atoms with E-state index in [1.807, 2.05) is 5.32 Å². The number of rotatable bonds is 1. The summed E-state index contributed by atoms with van der Waals surface area (Å²) < 4.78 is 36.5. The zero-order valence-electron chi connectivity index (χ0n) is 8.85. The summed E-state index contributed by atoms with van der Waals surface area (Å²) >= 11 is 0. The predicted molar refractivity (Wildman–Crippen MR) is 57.7 cm³/mol. The van der Waals surface area contributed by atoms with Crippen molar-refractivity contribution in [3.05, 3.63) is 30.0 Å². The molecule has 2 N–H and O–H groups in total. The van der Waals surface area contributed by atoms with Crippen LogP contribution >= 0.6 is 0 Å². The van der Waals surface area contributed by atoms with Crippen molar-refractivity contribution < 1.29 is 18.0 Å². The van der Waals surface area contributed by atoms with Gasteiger partial charge >= 0.3 is 12.1 Å². The Bertz CT molecular complexity index is 572. The molecular formula is C11H9F3N2O. The van der Waals surface area contributed by atoms with Crippen molar-refractivity contribution in [2.45, 2.75) is 13.1 Å². The van der Waals surface area contributed by atoms with Crippen molar-refractivity contribution in [3.63, 3.8) is 0 Å². The van der Waals surface area contributed by atoms with Gasteiger partial charge in [-0.25, -0.2) is 0 Å². The second-order valence-electron chi connectivity index (χ2n) is 3.62. The average molecular weight is 242 g/mol. The molecule has 0 saturated heterocycles. The standard InChI is InChI=1S/C11H9F3N2O/c1-6-9(16-10(17)11(12,13)14)7-4-2-3-5-8(7)15-6/h2-5,15H,1H3,(H,16,17). The molecule has 2 rings (SSSR count). The molecular weight excluding hydrogens is 233 g/mol. The predicted octanol–water partition coefficient (Wildman–Crippen LogP) is 2.98. The lowest BCUT2D eigenvalue weighted by Crippen LogP contribution is -2.30. The minimum atomic E-state index is -4.88. The van der Waals surface area contributed by atoms with Gasteiger partial charge in [-0.3, -0.25) is 4.79 Å². The number of aryl methyl sites for hydroxylation is 1. The molecule has 0 bridgehead atoms. The van der Waals surface area contributed by atoms with E-state index in [9.17, 15) is 18.0 Å². The van der Waals surface area contributed by atoms with Gasteiger partial charge in [0, 0.05) is 16.6 Å². The smallest absolute Gasteiger partial charge is 0.357 e. The summed E-state index contributed by atoms with van der Waals surface area (Å²) in [4.78, 5) is 13.8. The molecule has 0 fully saturated rings. The number of para-hydroxylation sites is 1. The number of hydrogen-bond donors (Lipinski definition) is 2. The number of aromatic nitrogens is 1. The second kappa shape index (κ2) is 3.80. The van der Waals surface area contributed by atoms with Gasteiger partial charge in [0.1, 0.15) is 0 Å². The Morgan fingerprint density at radius 3 is 2.59 bits per heavy atom. The maximum absolute atomic E-state index is 12.2. The highest BCUT2D eigenvalue weighted by Gasteiger charge is 2.39. The Kier molecular flexibility index (Phi) is 2.57. The van der Waals surface area contributed by atoms with E-state index in [2.05, 4.69) is 4.98 Å². The summed E-state index contributed by atoms with van der Waals surface area (Å²) in [6.45, 7) is 1.60. The Balaban J connectivity index is 2.42. The van der Waals surface area contributed by atoms with Gasteiger partial charge in [-0.05, 0) is 13.0 Å². The number of alkyl halides is 3. The van der Waals surface area contributed by atoms with Crippen molar-refractivity contribution in [2.24, 2.45) is 0 Å². The Hall–Kier alpha value is -1.98. The summed E-state index contributed by atoms with van der Waals surface area (Å²) in [5.41, 5.74) is 1.34. The number of carbonyl (C=O) groups excluding carboxylic acids is 1. The Morgan fingerprint density at radius 2 is 1.94 bits per heavy atom. The van der Waals surface area contributed by atoms with Gasteiger partial charge in [0.25, 0.3) is 0 Å². The Labute approximate surface area is 94.6 Å². The summed E-state index contributed by atoms with van der Waals surface area (Å²) in [6.07, 6.45) is -4.88. The van der Waals surface area contributed by atoms with Crippen LogP contribution in [0.3, 0.4) is 0 Å². The fraction of sp³-hybridized carbons (Fsp3) is 0.182. The Morgan fingerprint density at radius 1 is 1.29 bits per heavy atom. The quantitative estimate of drug-likeness (QED) is 0.793. The zero-order valence-corrected chi connectivity index (χ0v) is 8.85. The van der Waals surface area contributed by atoms with E-state index in [0.717, 1.165) is 0 Å². The monoisotopic (exact) mass is 242 g/mol. The van der Waals surface area contributed by atoms with Crippen LogP contribution in [0, 0.1) is 6.92 Å². The number of H-pyrrole nitrogens is 1. The van der Waals surface area contributed by atoms with Gasteiger partial charge in [0.15, 0.2) is 0 Å². The van der Waals surface area contributed by atoms with Gasteiger partial charge < -0.3 is 10.3 Å². The molecule has 0 radical (unpaired) electrons. The van der Waals surface area contributed by atoms with Gasteiger partial charge in [0.05, 0.1) is 5.69 Å². The minimum Gasteiger partial charge on any atom is -0.357 e. The first-order valence-electron chi connectivity index (χ1n) is 4.85. The van der Waals surface area contributed by atoms with Crippen LogP contribution in [-0.4, -0.2) is 17.1 Å². The first-order chi connectivity index (χ1) is 7.89. The molecule has 0 unspecified atom stereocenters. The topological polar surface area (TPSA) is 44.9 Å². The maximum atomic E-state index is 12.2. The molecule has 0 spiro atoms. The summed E-state index contributed by atoms with van der Waals surface area (Å²) in [7, 11) is 0. The molecule has 1 amide bonds. The molecule has 90 valence electrons. The normalized spacial score (nSPS) is 11.8. The molecule has 6 heteroatoms. The summed E-state index contributed by atoms with van der Waals surface area (Å²) in [6, 6.07) is 6.82. The highest BCUT2D eigenvalue weighted by atomic mass is 19.4. The molecule has 2 aromatic rings. The number of amides is 1. The van der Waals surface area contributed by atoms with Gasteiger partial charge in [-0.2, -0.15) is 13.2 Å². The minimum absolute atomic E-state index is 0.169. The van der Waals surface area contributed by atoms with Gasteiger partial charge in [-0.15, -0.1) is 0 Å². The zero-order chi connectivity index (χ0) is 12.6. The fourth-order valence-corrected chi connectivity index (χ4v) is 1.62. The number of carbonyl (C=O) groups is 1. The van der Waals surface area contributed by atoms with Crippen LogP contribution in [0.4, 0.5) is 18.9 Å². The number of benzene rings is 1. The van der Waals surface area contributed by atoms with Crippen LogP contribution in [-0.2, 0) is 4.79 Å². The third-order valence-electron chi connectivity index (χ3n) is 2.39. The van der Waals surface area contributed by atoms with Crippen LogP contribution in [0.5, 0.6) is 0 Å². The van der Waals surface area contributed by atoms with E-state index in [0.29, 0.717) is 16.6 Å². The maximum Gasteiger partial charge on any atom is 0.471 e. The largest absolute Gasteiger partial charge is 0.471 e. The van der Waals surface area contributed by atoms with Crippen LogP contribution in [0.2, 0.25) is 0 Å². The molecule has 0 aliphatic heterocycles. The molecule has 1 heterocycles. The molecule has 0 saturated carbocycles. The third-order valence-corrected chi connectivity index (χ3v) is 2.39. The van der Waals surface area contributed by atoms with Crippen molar-refractivity contribution in [2.75, 3.05) is 5.32 Å². The number of halogens is 3. The fourth-order valence-electron chi connectivity index (χ4n) is 1.62. The molecule has 1 aromatic heterocycles. The molecule has 0 atom stereocenters. The summed E-state index contributed by atoms with van der Waals surface area (Å²) in [5, 5.41) is 2.44. The SMILES string of the molecule is Cc1[nH]c2ccccc2c1NC(=O)C(F)(F)F. The number of hydrogen-bond acceptors (Lipinski definition) is 1. The van der Waals surface area contributed by atoms with E-state index in [4.69, 9.17) is 0 Å². The molecule has 0 aliphatic rings. The number of fused-ring (bicyclic) bond motifs is 1. The first-order valence-corrected chi connectivity index (χ1v) is 4.85. The summed E-state index contributed by atoms with van der Waals surface area (Å²) in [5.74, 6) is -1.97. The van der Waals surface area contributed by atoms with Crippen LogP contribution < -0.4 is 5.32 Å². The molecule has 1 aromatic carbocycles. The van der Waals surface area contributed by atoms with E-state index in [-0.39, 0.29) is 5.69 Å². The van der Waals surface area contributed by atoms with E-state index in [1.165, 1.54) is 0 Å². The number of anilines is 1. The highest BCUT2D eigenvalue weighted by Crippen LogP contribution is 2.28. The van der Waals surface area contributed by atoms with E-state index >= 15 is 0 Å². The van der Waals surface area contributed by atoms with E-state index < -0.39 is 12.1 Å². The van der Waals surface area contributed by atoms with Crippen molar-refractivity contribution in [3.8, 4) is 0 Å². The lowest BCUT2D eigenvalue weighted by atomic mass is 10.2. The van der Waals surface area contributed by atoms with Crippen LogP contribution in [0.25, 0.3) is 10.9 Å². The van der Waals surface area contributed by atoms with E-state index in [1.54, 1.807) is 31.2 Å².